The fourth-order valence-electron chi connectivity index (χ4n) is 2.72. The van der Waals surface area contributed by atoms with E-state index < -0.39 is 18.2 Å². The molecule has 0 aliphatic carbocycles. The first-order chi connectivity index (χ1) is 13.0. The molecule has 0 heterocycles. The number of alkyl carbamates (subject to hydrolysis) is 1. The number of aliphatic hydroxyl groups is 1. The molecule has 0 aromatic heterocycles. The Bertz CT molecular complexity index is 662. The van der Waals surface area contributed by atoms with Crippen LogP contribution in [0, 0.1) is 5.92 Å². The summed E-state index contributed by atoms with van der Waals surface area (Å²) >= 11 is 0. The van der Waals surface area contributed by atoms with Gasteiger partial charge in [-0.15, -0.1) is 0 Å². The molecule has 0 saturated heterocycles. The second kappa shape index (κ2) is 11.4. The molecule has 2 rings (SSSR count). The Morgan fingerprint density at radius 1 is 0.963 bits per heavy atom. The van der Waals surface area contributed by atoms with Gasteiger partial charge < -0.3 is 20.5 Å². The van der Waals surface area contributed by atoms with Crippen molar-refractivity contribution in [2.75, 3.05) is 13.1 Å². The molecule has 0 bridgehead atoms. The van der Waals surface area contributed by atoms with Crippen LogP contribution in [0.3, 0.4) is 0 Å². The minimum atomic E-state index is -0.712. The Morgan fingerprint density at radius 3 is 2.15 bits per heavy atom. The predicted octanol–water partition coefficient (Wildman–Crippen LogP) is 3.13. The normalized spacial score (nSPS) is 13.2. The van der Waals surface area contributed by atoms with Crippen LogP contribution in [0.15, 0.2) is 60.7 Å². The van der Waals surface area contributed by atoms with Crippen LogP contribution in [-0.4, -0.2) is 36.4 Å². The van der Waals surface area contributed by atoms with Crippen molar-refractivity contribution in [1.82, 2.24) is 10.6 Å². The number of hydrogen-bond donors (Lipinski definition) is 3. The van der Waals surface area contributed by atoms with E-state index in [2.05, 4.69) is 24.5 Å². The first-order valence-corrected chi connectivity index (χ1v) is 9.44. The van der Waals surface area contributed by atoms with Gasteiger partial charge in [-0.1, -0.05) is 74.5 Å². The molecule has 2 aromatic rings. The van der Waals surface area contributed by atoms with Crippen molar-refractivity contribution in [1.29, 1.82) is 0 Å². The summed E-state index contributed by atoms with van der Waals surface area (Å²) in [7, 11) is 0. The van der Waals surface area contributed by atoms with Crippen LogP contribution < -0.4 is 10.6 Å². The average Bonchev–Trinajstić information content (AvgIpc) is 2.67. The molecule has 1 amide bonds. The lowest BCUT2D eigenvalue weighted by atomic mass is 10.0. The summed E-state index contributed by atoms with van der Waals surface area (Å²) in [5, 5.41) is 16.8. The van der Waals surface area contributed by atoms with Crippen LogP contribution >= 0.6 is 0 Å². The van der Waals surface area contributed by atoms with E-state index >= 15 is 0 Å². The predicted molar refractivity (Wildman–Crippen MR) is 107 cm³/mol. The van der Waals surface area contributed by atoms with E-state index in [4.69, 9.17) is 4.74 Å². The van der Waals surface area contributed by atoms with Gasteiger partial charge in [0.2, 0.25) is 0 Å². The lowest BCUT2D eigenvalue weighted by Crippen LogP contribution is -2.50. The maximum Gasteiger partial charge on any atom is 0.407 e. The van der Waals surface area contributed by atoms with Gasteiger partial charge in [-0.05, 0) is 23.6 Å². The van der Waals surface area contributed by atoms with Gasteiger partial charge >= 0.3 is 6.09 Å². The molecule has 0 fully saturated rings. The number of rotatable bonds is 10. The SMILES string of the molecule is CC(C)CNC[C@@H](NC(=O)OCc1ccccc1)[C@@H](O)Cc1ccccc1. The molecule has 0 radical (unpaired) electrons. The summed E-state index contributed by atoms with van der Waals surface area (Å²) in [6.45, 7) is 5.73. The molecule has 27 heavy (non-hydrogen) atoms. The number of aliphatic hydroxyl groups excluding tert-OH is 1. The maximum absolute atomic E-state index is 12.2. The fraction of sp³-hybridized carbons (Fsp3) is 0.409. The van der Waals surface area contributed by atoms with Crippen molar-refractivity contribution >= 4 is 6.09 Å². The molecule has 2 atom stereocenters. The summed E-state index contributed by atoms with van der Waals surface area (Å²) in [5.74, 6) is 0.488. The second-order valence-corrected chi connectivity index (χ2v) is 7.12. The fourth-order valence-corrected chi connectivity index (χ4v) is 2.72. The molecule has 3 N–H and O–H groups in total. The van der Waals surface area contributed by atoms with Crippen molar-refractivity contribution in [3.63, 3.8) is 0 Å². The van der Waals surface area contributed by atoms with Gasteiger partial charge in [-0.25, -0.2) is 4.79 Å². The van der Waals surface area contributed by atoms with Crippen LogP contribution in [0.2, 0.25) is 0 Å². The van der Waals surface area contributed by atoms with Crippen molar-refractivity contribution in [3.8, 4) is 0 Å². The standard InChI is InChI=1S/C22H30N2O3/c1-17(2)14-23-15-20(21(25)13-18-9-5-3-6-10-18)24-22(26)27-16-19-11-7-4-8-12-19/h3-12,17,20-21,23,25H,13-16H2,1-2H3,(H,24,26)/t20-,21+/m1/s1. The first kappa shape index (κ1) is 20.9. The highest BCUT2D eigenvalue weighted by atomic mass is 16.5. The molecule has 5 nitrogen and oxygen atoms in total. The highest BCUT2D eigenvalue weighted by Crippen LogP contribution is 2.07. The molecular weight excluding hydrogens is 340 g/mol. The van der Waals surface area contributed by atoms with Gasteiger partial charge in [-0.3, -0.25) is 0 Å². The van der Waals surface area contributed by atoms with Crippen LogP contribution in [0.5, 0.6) is 0 Å². The van der Waals surface area contributed by atoms with Crippen LogP contribution in [0.4, 0.5) is 4.79 Å². The highest BCUT2D eigenvalue weighted by molar-refractivity contribution is 5.67. The van der Waals surface area contributed by atoms with E-state index in [1.165, 1.54) is 0 Å². The minimum Gasteiger partial charge on any atom is -0.445 e. The van der Waals surface area contributed by atoms with E-state index in [-0.39, 0.29) is 6.61 Å². The Hall–Kier alpha value is -2.37. The smallest absolute Gasteiger partial charge is 0.407 e. The average molecular weight is 370 g/mol. The monoisotopic (exact) mass is 370 g/mol. The summed E-state index contributed by atoms with van der Waals surface area (Å²) in [4.78, 5) is 12.2. The lowest BCUT2D eigenvalue weighted by molar-refractivity contribution is 0.101. The van der Waals surface area contributed by atoms with E-state index in [1.807, 2.05) is 60.7 Å². The number of benzene rings is 2. The summed E-state index contributed by atoms with van der Waals surface area (Å²) in [5.41, 5.74) is 1.95. The Morgan fingerprint density at radius 2 is 1.56 bits per heavy atom. The van der Waals surface area contributed by atoms with Crippen LogP contribution in [-0.2, 0) is 17.8 Å². The van der Waals surface area contributed by atoms with Gasteiger partial charge in [0.15, 0.2) is 0 Å². The van der Waals surface area contributed by atoms with Gasteiger partial charge in [0.25, 0.3) is 0 Å². The molecule has 0 spiro atoms. The molecule has 0 saturated carbocycles. The van der Waals surface area contributed by atoms with Crippen LogP contribution in [0.25, 0.3) is 0 Å². The third kappa shape index (κ3) is 8.24. The maximum atomic E-state index is 12.2. The Kier molecular flexibility index (Phi) is 8.81. The zero-order valence-corrected chi connectivity index (χ0v) is 16.1. The van der Waals surface area contributed by atoms with Crippen molar-refractivity contribution in [2.24, 2.45) is 5.92 Å². The van der Waals surface area contributed by atoms with Crippen molar-refractivity contribution < 1.29 is 14.6 Å². The summed E-state index contributed by atoms with van der Waals surface area (Å²) in [6, 6.07) is 18.8. The van der Waals surface area contributed by atoms with E-state index in [0.717, 1.165) is 17.7 Å². The molecule has 2 aromatic carbocycles. The number of carbonyl (C=O) groups excluding carboxylic acids is 1. The summed E-state index contributed by atoms with van der Waals surface area (Å²) in [6.07, 6.45) is -0.771. The Balaban J connectivity index is 1.90. The van der Waals surface area contributed by atoms with E-state index in [9.17, 15) is 9.90 Å². The lowest BCUT2D eigenvalue weighted by Gasteiger charge is -2.25. The largest absolute Gasteiger partial charge is 0.445 e. The first-order valence-electron chi connectivity index (χ1n) is 9.44. The molecule has 0 unspecified atom stereocenters. The van der Waals surface area contributed by atoms with Gasteiger partial charge in [0, 0.05) is 13.0 Å². The number of carbonyl (C=O) groups is 1. The molecule has 0 aliphatic rings. The van der Waals surface area contributed by atoms with Gasteiger partial charge in [0.05, 0.1) is 12.1 Å². The number of nitrogens with one attached hydrogen (secondary N) is 2. The quantitative estimate of drug-likeness (QED) is 0.601. The number of amides is 1. The third-order valence-corrected chi connectivity index (χ3v) is 4.18. The summed E-state index contributed by atoms with van der Waals surface area (Å²) < 4.78 is 5.30. The minimum absolute atomic E-state index is 0.202. The molecule has 5 heteroatoms. The number of hydrogen-bond acceptors (Lipinski definition) is 4. The highest BCUT2D eigenvalue weighted by Gasteiger charge is 2.22. The van der Waals surface area contributed by atoms with E-state index in [0.29, 0.717) is 18.9 Å². The Labute approximate surface area is 161 Å². The molecule has 0 aliphatic heterocycles. The van der Waals surface area contributed by atoms with Crippen molar-refractivity contribution in [2.45, 2.75) is 39.0 Å². The van der Waals surface area contributed by atoms with Gasteiger partial charge in [-0.2, -0.15) is 0 Å². The second-order valence-electron chi connectivity index (χ2n) is 7.12. The van der Waals surface area contributed by atoms with Gasteiger partial charge in [0.1, 0.15) is 6.61 Å². The van der Waals surface area contributed by atoms with Crippen LogP contribution in [0.1, 0.15) is 25.0 Å². The zero-order chi connectivity index (χ0) is 19.5. The number of ether oxygens (including phenoxy) is 1. The van der Waals surface area contributed by atoms with E-state index in [1.54, 1.807) is 0 Å². The molecular formula is C22H30N2O3. The molecule has 146 valence electrons. The zero-order valence-electron chi connectivity index (χ0n) is 16.1. The third-order valence-electron chi connectivity index (χ3n) is 4.18. The van der Waals surface area contributed by atoms with Crippen molar-refractivity contribution in [3.05, 3.63) is 71.8 Å². The topological polar surface area (TPSA) is 70.6 Å².